The van der Waals surface area contributed by atoms with Gasteiger partial charge in [-0.05, 0) is 114 Å². The van der Waals surface area contributed by atoms with Gasteiger partial charge < -0.3 is 28.7 Å². The summed E-state index contributed by atoms with van der Waals surface area (Å²) in [6.07, 6.45) is 18.3. The fourth-order valence-corrected chi connectivity index (χ4v) is 17.5. The lowest BCUT2D eigenvalue weighted by Gasteiger charge is -2.29. The van der Waals surface area contributed by atoms with Crippen LogP contribution in [-0.4, -0.2) is 125 Å². The Morgan fingerprint density at radius 1 is 0.462 bits per heavy atom. The lowest BCUT2D eigenvalue weighted by Crippen LogP contribution is -2.34. The summed E-state index contributed by atoms with van der Waals surface area (Å²) in [7, 11) is -4.85. The third kappa shape index (κ3) is 17.4. The number of hydrogen-bond acceptors (Lipinski definition) is 12. The van der Waals surface area contributed by atoms with Crippen molar-refractivity contribution in [2.45, 2.75) is 166 Å². The molecule has 0 saturated heterocycles. The third-order valence-electron chi connectivity index (χ3n) is 19.2. The number of ether oxygens (including phenoxy) is 4. The Morgan fingerprint density at radius 2 is 0.890 bits per heavy atom. The van der Waals surface area contributed by atoms with Gasteiger partial charge in [-0.2, -0.15) is 19.2 Å². The molecule has 19 heteroatoms. The summed E-state index contributed by atoms with van der Waals surface area (Å²) >= 11 is 4.09. The molecule has 6 unspecified atom stereocenters. The molecule has 0 spiro atoms. The Morgan fingerprint density at radius 3 is 1.30 bits per heavy atom. The van der Waals surface area contributed by atoms with Crippen LogP contribution in [0.2, 0.25) is 103 Å². The van der Waals surface area contributed by atoms with Crippen LogP contribution in [-0.2, 0) is 18.9 Å². The van der Waals surface area contributed by atoms with Crippen LogP contribution in [0.5, 0.6) is 0 Å². The first-order chi connectivity index (χ1) is 43.5. The smallest absolute Gasteiger partial charge is 0.165 e. The average Bonchev–Trinajstić information content (AvgIpc) is 1.68. The summed E-state index contributed by atoms with van der Waals surface area (Å²) in [6, 6.07) is 35.9. The van der Waals surface area contributed by atoms with Gasteiger partial charge in [0, 0.05) is 128 Å². The highest BCUT2D eigenvalue weighted by molar-refractivity contribution is 9.10. The second-order valence-electron chi connectivity index (χ2n) is 31.4. The van der Waals surface area contributed by atoms with Crippen molar-refractivity contribution in [3.8, 4) is 44.8 Å². The first kappa shape index (κ1) is 67.2. The lowest BCUT2D eigenvalue weighted by molar-refractivity contribution is 0.0939. The number of pyridine rings is 2. The van der Waals surface area contributed by atoms with Gasteiger partial charge in [-0.3, -0.25) is 9.97 Å². The van der Waals surface area contributed by atoms with Crippen molar-refractivity contribution in [3.05, 3.63) is 132 Å². The highest BCUT2D eigenvalue weighted by atomic mass is 79.9. The Kier molecular flexibility index (Phi) is 21.5. The molecule has 6 heterocycles. The van der Waals surface area contributed by atoms with Crippen molar-refractivity contribution in [1.82, 2.24) is 39.2 Å². The molecule has 4 bridgehead atoms. The first-order valence-electron chi connectivity index (χ1n) is 33.8. The molecule has 6 aromatic heterocycles. The van der Waals surface area contributed by atoms with E-state index in [0.29, 0.717) is 44.7 Å². The van der Waals surface area contributed by atoms with Gasteiger partial charge in [0.05, 0.1) is 33.9 Å². The zero-order valence-corrected chi connectivity index (χ0v) is 62.1. The quantitative estimate of drug-likeness (QED) is 0.0263. The van der Waals surface area contributed by atoms with Crippen LogP contribution in [0, 0.1) is 23.7 Å². The molecule has 12 rings (SSSR count). The van der Waals surface area contributed by atoms with Crippen molar-refractivity contribution < 1.29 is 18.9 Å². The maximum Gasteiger partial charge on any atom is 0.165 e. The van der Waals surface area contributed by atoms with E-state index in [4.69, 9.17) is 49.1 Å². The van der Waals surface area contributed by atoms with Gasteiger partial charge in [-0.1, -0.05) is 164 Å². The molecule has 0 aliphatic heterocycles. The average molecular weight is 1360 g/mol. The SMILES string of the molecule is C[Si](C)(C)CCOCN(COCC[Si](C)(C)C)c1c(Br)c(C2CC3CCC2C3)nc2c(-c3ccc(-c4ccccc4)nc3)cnn12.C[Si](C)(C)CCOCN(COCC[Si](C)(C)C)c1cc(C2CC3CCC2C3)nc2c(-c3ccc(-c4ccccc4)nc3)cnn12. The summed E-state index contributed by atoms with van der Waals surface area (Å²) < 4.78 is 30.5. The fourth-order valence-electron chi connectivity index (χ4n) is 13.7. The van der Waals surface area contributed by atoms with Crippen molar-refractivity contribution in [1.29, 1.82) is 0 Å². The van der Waals surface area contributed by atoms with Crippen molar-refractivity contribution in [2.75, 3.05) is 63.2 Å². The van der Waals surface area contributed by atoms with Crippen molar-refractivity contribution in [2.24, 2.45) is 23.7 Å². The molecule has 4 aliphatic rings. The number of rotatable bonds is 28. The summed E-state index contributed by atoms with van der Waals surface area (Å²) in [5.41, 5.74) is 12.3. The van der Waals surface area contributed by atoms with Gasteiger partial charge in [0.15, 0.2) is 17.1 Å². The molecule has 4 saturated carbocycles. The summed E-state index contributed by atoms with van der Waals surface area (Å²) in [5.74, 6) is 5.97. The Hall–Kier alpha value is -5.23. The molecule has 4 fully saturated rings. The molecular formula is C72H101BrN10O4Si4. The Balaban J connectivity index is 0.000000187. The molecule has 14 nitrogen and oxygen atoms in total. The van der Waals surface area contributed by atoms with E-state index in [9.17, 15) is 0 Å². The molecule has 0 radical (unpaired) electrons. The van der Waals surface area contributed by atoms with E-state index in [1.165, 1.54) is 57.1 Å². The van der Waals surface area contributed by atoms with Gasteiger partial charge in [-0.15, -0.1) is 0 Å². The van der Waals surface area contributed by atoms with Gasteiger partial charge in [0.2, 0.25) is 0 Å². The number of halogens is 1. The zero-order valence-electron chi connectivity index (χ0n) is 56.6. The highest BCUT2D eigenvalue weighted by Gasteiger charge is 2.44. The van der Waals surface area contributed by atoms with Crippen LogP contribution in [0.3, 0.4) is 0 Å². The van der Waals surface area contributed by atoms with E-state index < -0.39 is 32.3 Å². The largest absolute Gasteiger partial charge is 0.361 e. The molecule has 6 atom stereocenters. The topological polar surface area (TPSA) is 130 Å². The third-order valence-corrected chi connectivity index (χ3v) is 26.7. The highest BCUT2D eigenvalue weighted by Crippen LogP contribution is 2.55. The number of nitrogens with zero attached hydrogens (tertiary/aromatic N) is 10. The number of fused-ring (bicyclic) bond motifs is 6. The number of anilines is 2. The van der Waals surface area contributed by atoms with E-state index in [1.54, 1.807) is 0 Å². The van der Waals surface area contributed by atoms with Gasteiger partial charge in [-0.25, -0.2) is 9.97 Å². The second-order valence-corrected chi connectivity index (χ2v) is 54.7. The van der Waals surface area contributed by atoms with Crippen LogP contribution in [0.25, 0.3) is 56.1 Å². The van der Waals surface area contributed by atoms with Crippen LogP contribution in [0.4, 0.5) is 11.6 Å². The number of hydrogen-bond donors (Lipinski definition) is 0. The van der Waals surface area contributed by atoms with Gasteiger partial charge >= 0.3 is 0 Å². The summed E-state index contributed by atoms with van der Waals surface area (Å²) in [4.78, 5) is 24.9. The minimum Gasteiger partial charge on any atom is -0.361 e. The van der Waals surface area contributed by atoms with Gasteiger partial charge in [0.25, 0.3) is 0 Å². The molecule has 0 amide bonds. The maximum absolute atomic E-state index is 6.39. The molecule has 0 N–H and O–H groups in total. The molecule has 486 valence electrons. The second kappa shape index (κ2) is 29.2. The van der Waals surface area contributed by atoms with E-state index in [0.717, 1.165) is 146 Å². The zero-order chi connectivity index (χ0) is 64.1. The molecule has 4 aliphatic carbocycles. The lowest BCUT2D eigenvalue weighted by atomic mass is 9.86. The summed E-state index contributed by atoms with van der Waals surface area (Å²) in [6.45, 7) is 33.6. The molecule has 91 heavy (non-hydrogen) atoms. The predicted octanol–water partition coefficient (Wildman–Crippen LogP) is 18.3. The van der Waals surface area contributed by atoms with E-state index in [-0.39, 0.29) is 0 Å². The summed E-state index contributed by atoms with van der Waals surface area (Å²) in [5, 5.41) is 9.90. The Bertz CT molecular complexity index is 3620. The van der Waals surface area contributed by atoms with E-state index in [1.807, 2.05) is 70.2 Å². The minimum atomic E-state index is -1.22. The predicted molar refractivity (Wildman–Crippen MR) is 388 cm³/mol. The monoisotopic (exact) mass is 1360 g/mol. The van der Waals surface area contributed by atoms with Crippen LogP contribution in [0.1, 0.15) is 74.6 Å². The maximum atomic E-state index is 6.39. The van der Waals surface area contributed by atoms with Crippen molar-refractivity contribution >= 4 is 71.2 Å². The van der Waals surface area contributed by atoms with Crippen LogP contribution >= 0.6 is 15.9 Å². The standard InChI is InChI=1S/C36H50BrN5O2Si2.C36H51N5O2Si2/c1-45(2,3)18-16-43-24-41(25-44-17-19-46(4,5)6)36-33(37)34(30-21-26-12-13-28(30)20-26)40-35-31(23-39-42(35)36)29-14-15-32(38-22-29)27-10-8-7-9-11-27;1-44(2,3)18-16-42-25-40(26-43-17-19-45(4,5)6)35-22-34(31-21-27-12-13-29(31)20-27)39-36-32(24-38-41(35)36)30-14-15-33(37-23-30)28-10-8-7-9-11-28/h7-11,14-15,22-23,26,28,30H,12-13,16-21,24-25H2,1-6H3;7-11,14-15,22-24,27,29,31H,12-13,16-21,25-26H2,1-6H3. The number of aromatic nitrogens is 8. The van der Waals surface area contributed by atoms with E-state index in [2.05, 4.69) is 159 Å². The molecular weight excluding hydrogens is 1260 g/mol. The minimum absolute atomic E-state index is 0.438. The molecule has 8 aromatic rings. The van der Waals surface area contributed by atoms with Crippen LogP contribution < -0.4 is 9.80 Å². The Labute approximate surface area is 554 Å². The van der Waals surface area contributed by atoms with Crippen LogP contribution in [0.15, 0.2) is 120 Å². The fraction of sp³-hybridized carbons (Fsp3) is 0.528. The van der Waals surface area contributed by atoms with Gasteiger partial charge in [0.1, 0.15) is 32.7 Å². The first-order valence-corrected chi connectivity index (χ1v) is 49.4. The molecule has 2 aromatic carbocycles. The van der Waals surface area contributed by atoms with Crippen molar-refractivity contribution in [3.63, 3.8) is 0 Å². The normalized spacial score (nSPS) is 19.8. The van der Waals surface area contributed by atoms with E-state index >= 15 is 0 Å². The number of benzene rings is 2.